The van der Waals surface area contributed by atoms with E-state index >= 15 is 0 Å². The minimum Gasteiger partial charge on any atom is -0.497 e. The molecule has 1 aliphatic heterocycles. The molecule has 1 N–H and O–H groups in total. The molecule has 2 aromatic carbocycles. The van der Waals surface area contributed by atoms with Crippen molar-refractivity contribution in [2.75, 3.05) is 18.6 Å². The highest BCUT2D eigenvalue weighted by atomic mass is 16.6. The first-order chi connectivity index (χ1) is 15.0. The van der Waals surface area contributed by atoms with Gasteiger partial charge in [-0.1, -0.05) is 37.3 Å². The molecule has 1 heterocycles. The van der Waals surface area contributed by atoms with Crippen molar-refractivity contribution in [3.05, 3.63) is 59.7 Å². The van der Waals surface area contributed by atoms with E-state index in [2.05, 4.69) is 5.32 Å². The summed E-state index contributed by atoms with van der Waals surface area (Å²) in [4.78, 5) is 27.1. The van der Waals surface area contributed by atoms with Gasteiger partial charge in [0.2, 0.25) is 0 Å². The third-order valence-corrected chi connectivity index (χ3v) is 5.52. The normalized spacial score (nSPS) is 18.5. The van der Waals surface area contributed by atoms with Gasteiger partial charge in [-0.25, -0.2) is 9.59 Å². The minimum absolute atomic E-state index is 0.114. The number of rotatable bonds is 6. The predicted molar refractivity (Wildman–Crippen MR) is 118 cm³/mol. The zero-order chi connectivity index (χ0) is 22.4. The van der Waals surface area contributed by atoms with Crippen molar-refractivity contribution in [2.45, 2.75) is 51.8 Å². The first-order valence-electron chi connectivity index (χ1n) is 10.6. The minimum atomic E-state index is -0.505. The summed E-state index contributed by atoms with van der Waals surface area (Å²) in [5.41, 5.74) is 2.42. The number of hydrogen-bond donors (Lipinski definition) is 1. The van der Waals surface area contributed by atoms with Crippen molar-refractivity contribution in [2.24, 2.45) is 0 Å². The van der Waals surface area contributed by atoms with Crippen LogP contribution in [0.2, 0.25) is 0 Å². The standard InChI is InChI=1S/C24H30N2O5/c1-5-18-14-21(25-23(27)31-16(3)17-10-8-7-9-11-17)20-15-19(29-4)12-13-22(20)26(18)24(28)30-6-2/h7-13,15-16,18,21H,5-6,14H2,1-4H3,(H,25,27)/t16?,18-,21+/m1/s1. The molecule has 166 valence electrons. The highest BCUT2D eigenvalue weighted by Crippen LogP contribution is 2.40. The van der Waals surface area contributed by atoms with Crippen LogP contribution in [0.25, 0.3) is 0 Å². The van der Waals surface area contributed by atoms with E-state index in [9.17, 15) is 9.59 Å². The lowest BCUT2D eigenvalue weighted by Crippen LogP contribution is -2.47. The first-order valence-corrected chi connectivity index (χ1v) is 10.6. The number of alkyl carbamates (subject to hydrolysis) is 1. The molecule has 1 unspecified atom stereocenters. The summed E-state index contributed by atoms with van der Waals surface area (Å²) in [6.07, 6.45) is -0.0102. The Morgan fingerprint density at radius 2 is 1.90 bits per heavy atom. The third kappa shape index (κ3) is 5.10. The van der Waals surface area contributed by atoms with Crippen molar-refractivity contribution in [1.29, 1.82) is 0 Å². The fourth-order valence-corrected chi connectivity index (χ4v) is 3.91. The second kappa shape index (κ2) is 10.2. The van der Waals surface area contributed by atoms with Crippen LogP contribution in [0.5, 0.6) is 5.75 Å². The van der Waals surface area contributed by atoms with Gasteiger partial charge in [0.25, 0.3) is 0 Å². The fraction of sp³-hybridized carbons (Fsp3) is 0.417. The lowest BCUT2D eigenvalue weighted by atomic mass is 9.90. The van der Waals surface area contributed by atoms with Gasteiger partial charge in [0, 0.05) is 11.6 Å². The van der Waals surface area contributed by atoms with Crippen LogP contribution in [-0.4, -0.2) is 31.9 Å². The van der Waals surface area contributed by atoms with E-state index in [1.54, 1.807) is 25.0 Å². The molecular formula is C24H30N2O5. The second-order valence-corrected chi connectivity index (χ2v) is 7.45. The van der Waals surface area contributed by atoms with Gasteiger partial charge in [0.05, 0.1) is 25.4 Å². The maximum Gasteiger partial charge on any atom is 0.414 e. The van der Waals surface area contributed by atoms with Crippen LogP contribution in [0.15, 0.2) is 48.5 Å². The van der Waals surface area contributed by atoms with Crippen LogP contribution in [0.4, 0.5) is 15.3 Å². The van der Waals surface area contributed by atoms with Gasteiger partial charge < -0.3 is 19.5 Å². The number of fused-ring (bicyclic) bond motifs is 1. The molecule has 0 bridgehead atoms. The number of nitrogens with zero attached hydrogens (tertiary/aromatic N) is 1. The van der Waals surface area contributed by atoms with Gasteiger partial charge in [0.15, 0.2) is 0 Å². The van der Waals surface area contributed by atoms with Crippen molar-refractivity contribution in [3.8, 4) is 5.75 Å². The number of amides is 2. The van der Waals surface area contributed by atoms with E-state index in [0.29, 0.717) is 24.5 Å². The molecule has 0 spiro atoms. The lowest BCUT2D eigenvalue weighted by molar-refractivity contribution is 0.102. The maximum absolute atomic E-state index is 12.7. The Morgan fingerprint density at radius 1 is 1.16 bits per heavy atom. The van der Waals surface area contributed by atoms with E-state index in [0.717, 1.165) is 17.5 Å². The average Bonchev–Trinajstić information content (AvgIpc) is 2.79. The van der Waals surface area contributed by atoms with Gasteiger partial charge in [-0.15, -0.1) is 0 Å². The van der Waals surface area contributed by atoms with Gasteiger partial charge in [0.1, 0.15) is 11.9 Å². The van der Waals surface area contributed by atoms with Gasteiger partial charge in [-0.05, 0) is 50.5 Å². The highest BCUT2D eigenvalue weighted by molar-refractivity contribution is 5.90. The number of carbonyl (C=O) groups is 2. The van der Waals surface area contributed by atoms with E-state index in [4.69, 9.17) is 14.2 Å². The summed E-state index contributed by atoms with van der Waals surface area (Å²) in [6.45, 7) is 5.93. The van der Waals surface area contributed by atoms with Crippen LogP contribution in [0.3, 0.4) is 0 Å². The molecule has 0 aliphatic carbocycles. The summed E-state index contributed by atoms with van der Waals surface area (Å²) in [5.74, 6) is 0.648. The van der Waals surface area contributed by atoms with Crippen molar-refractivity contribution >= 4 is 17.9 Å². The quantitative estimate of drug-likeness (QED) is 0.672. The zero-order valence-corrected chi connectivity index (χ0v) is 18.5. The predicted octanol–water partition coefficient (Wildman–Crippen LogP) is 5.37. The molecule has 0 radical (unpaired) electrons. The van der Waals surface area contributed by atoms with E-state index in [1.165, 1.54) is 0 Å². The topological polar surface area (TPSA) is 77.1 Å². The molecule has 0 saturated carbocycles. The number of carbonyl (C=O) groups excluding carboxylic acids is 2. The van der Waals surface area contributed by atoms with Crippen LogP contribution >= 0.6 is 0 Å². The molecule has 3 rings (SSSR count). The van der Waals surface area contributed by atoms with E-state index in [1.807, 2.05) is 56.3 Å². The molecule has 2 aromatic rings. The molecule has 0 aromatic heterocycles. The Balaban J connectivity index is 1.85. The largest absolute Gasteiger partial charge is 0.497 e. The molecule has 7 nitrogen and oxygen atoms in total. The molecule has 2 amide bonds. The molecular weight excluding hydrogens is 396 g/mol. The maximum atomic E-state index is 12.7. The summed E-state index contributed by atoms with van der Waals surface area (Å²) in [6, 6.07) is 14.6. The number of hydrogen-bond acceptors (Lipinski definition) is 5. The van der Waals surface area contributed by atoms with Crippen molar-refractivity contribution < 1.29 is 23.8 Å². The molecule has 0 saturated heterocycles. The summed E-state index contributed by atoms with van der Waals surface area (Å²) < 4.78 is 16.3. The van der Waals surface area contributed by atoms with Gasteiger partial charge >= 0.3 is 12.2 Å². The monoisotopic (exact) mass is 426 g/mol. The number of ether oxygens (including phenoxy) is 3. The second-order valence-electron chi connectivity index (χ2n) is 7.45. The molecule has 1 aliphatic rings. The molecule has 31 heavy (non-hydrogen) atoms. The average molecular weight is 427 g/mol. The number of methoxy groups -OCH3 is 1. The van der Waals surface area contributed by atoms with Crippen LogP contribution in [0.1, 0.15) is 56.9 Å². The lowest BCUT2D eigenvalue weighted by Gasteiger charge is -2.40. The van der Waals surface area contributed by atoms with Crippen LogP contribution < -0.4 is 15.0 Å². The Bertz CT molecular complexity index is 902. The van der Waals surface area contributed by atoms with E-state index in [-0.39, 0.29) is 24.3 Å². The highest BCUT2D eigenvalue weighted by Gasteiger charge is 2.37. The Kier molecular flexibility index (Phi) is 7.39. The van der Waals surface area contributed by atoms with Crippen molar-refractivity contribution in [1.82, 2.24) is 5.32 Å². The smallest absolute Gasteiger partial charge is 0.414 e. The molecule has 3 atom stereocenters. The summed E-state index contributed by atoms with van der Waals surface area (Å²) in [5, 5.41) is 2.99. The van der Waals surface area contributed by atoms with Crippen LogP contribution in [0, 0.1) is 0 Å². The Hall–Kier alpha value is -3.22. The Morgan fingerprint density at radius 3 is 2.55 bits per heavy atom. The summed E-state index contributed by atoms with van der Waals surface area (Å²) in [7, 11) is 1.58. The fourth-order valence-electron chi connectivity index (χ4n) is 3.91. The SMILES string of the molecule is CCOC(=O)N1c2ccc(OC)cc2[C@@H](NC(=O)OC(C)c2ccccc2)C[C@H]1CC. The molecule has 7 heteroatoms. The summed E-state index contributed by atoms with van der Waals surface area (Å²) >= 11 is 0. The number of nitrogens with one attached hydrogen (secondary N) is 1. The molecule has 0 fully saturated rings. The van der Waals surface area contributed by atoms with E-state index < -0.39 is 6.09 Å². The number of benzene rings is 2. The van der Waals surface area contributed by atoms with Gasteiger partial charge in [-0.3, -0.25) is 4.90 Å². The Labute approximate surface area is 183 Å². The van der Waals surface area contributed by atoms with Crippen LogP contribution in [-0.2, 0) is 9.47 Å². The first kappa shape index (κ1) is 22.5. The zero-order valence-electron chi connectivity index (χ0n) is 18.5. The van der Waals surface area contributed by atoms with Crippen molar-refractivity contribution in [3.63, 3.8) is 0 Å². The third-order valence-electron chi connectivity index (χ3n) is 5.52. The number of anilines is 1. The van der Waals surface area contributed by atoms with Gasteiger partial charge in [-0.2, -0.15) is 0 Å².